The third kappa shape index (κ3) is 5.06. The topological polar surface area (TPSA) is 64.6 Å². The van der Waals surface area contributed by atoms with E-state index in [0.717, 1.165) is 31.2 Å². The number of hydrogen-bond acceptors (Lipinski definition) is 4. The number of methoxy groups -OCH3 is 2. The maximum absolute atomic E-state index is 13.3. The molecule has 0 radical (unpaired) electrons. The van der Waals surface area contributed by atoms with Crippen molar-refractivity contribution in [3.05, 3.63) is 54.1 Å². The Hall–Kier alpha value is -2.05. The second-order valence-electron chi connectivity index (χ2n) is 7.33. The average Bonchev–Trinajstić information content (AvgIpc) is 2.74. The molecule has 1 unspecified atom stereocenters. The van der Waals surface area contributed by atoms with Gasteiger partial charge in [-0.25, -0.2) is 13.1 Å². The van der Waals surface area contributed by atoms with Crippen LogP contribution in [0, 0.1) is 5.92 Å². The van der Waals surface area contributed by atoms with E-state index in [1.165, 1.54) is 26.7 Å². The first kappa shape index (κ1) is 20.7. The van der Waals surface area contributed by atoms with Crippen LogP contribution in [0.25, 0.3) is 0 Å². The van der Waals surface area contributed by atoms with Gasteiger partial charge in [0.1, 0.15) is 16.4 Å². The zero-order chi connectivity index (χ0) is 20.0. The summed E-state index contributed by atoms with van der Waals surface area (Å²) >= 11 is 0. The van der Waals surface area contributed by atoms with Crippen molar-refractivity contribution in [3.63, 3.8) is 0 Å². The highest BCUT2D eigenvalue weighted by Crippen LogP contribution is 2.32. The van der Waals surface area contributed by atoms with Crippen molar-refractivity contribution < 1.29 is 17.9 Å². The van der Waals surface area contributed by atoms with Gasteiger partial charge in [-0.3, -0.25) is 0 Å². The van der Waals surface area contributed by atoms with Crippen LogP contribution in [0.2, 0.25) is 0 Å². The molecule has 1 saturated carbocycles. The fourth-order valence-electron chi connectivity index (χ4n) is 3.97. The van der Waals surface area contributed by atoms with Crippen LogP contribution in [0.15, 0.2) is 53.4 Å². The number of sulfonamides is 1. The van der Waals surface area contributed by atoms with E-state index in [9.17, 15) is 8.42 Å². The molecule has 0 spiro atoms. The van der Waals surface area contributed by atoms with Gasteiger partial charge in [0.15, 0.2) is 0 Å². The third-order valence-electron chi connectivity index (χ3n) is 5.48. The summed E-state index contributed by atoms with van der Waals surface area (Å²) in [5, 5.41) is 0. The smallest absolute Gasteiger partial charge is 0.244 e. The van der Waals surface area contributed by atoms with E-state index in [1.807, 2.05) is 18.2 Å². The van der Waals surface area contributed by atoms with Crippen molar-refractivity contribution in [2.45, 2.75) is 49.5 Å². The minimum absolute atomic E-state index is 0.114. The summed E-state index contributed by atoms with van der Waals surface area (Å²) in [5.74, 6) is 1.13. The zero-order valence-corrected chi connectivity index (χ0v) is 17.4. The summed E-state index contributed by atoms with van der Waals surface area (Å²) in [7, 11) is -0.764. The lowest BCUT2D eigenvalue weighted by Crippen LogP contribution is -2.42. The molecule has 1 N–H and O–H groups in total. The molecule has 1 aliphatic rings. The number of rotatable bonds is 8. The number of benzene rings is 2. The summed E-state index contributed by atoms with van der Waals surface area (Å²) in [6, 6.07) is 14.8. The van der Waals surface area contributed by atoms with Gasteiger partial charge in [-0.2, -0.15) is 0 Å². The van der Waals surface area contributed by atoms with E-state index < -0.39 is 10.0 Å². The molecule has 5 nitrogen and oxygen atoms in total. The van der Waals surface area contributed by atoms with Crippen molar-refractivity contribution in [1.29, 1.82) is 0 Å². The van der Waals surface area contributed by atoms with E-state index in [-0.39, 0.29) is 10.9 Å². The fraction of sp³-hybridized carbons (Fsp3) is 0.455. The highest BCUT2D eigenvalue weighted by molar-refractivity contribution is 7.89. The molecule has 0 amide bonds. The molecule has 0 heterocycles. The van der Waals surface area contributed by atoms with E-state index in [1.54, 1.807) is 12.1 Å². The predicted octanol–water partition coefficient (Wildman–Crippen LogP) is 4.17. The summed E-state index contributed by atoms with van der Waals surface area (Å²) in [6.45, 7) is 0. The molecule has 28 heavy (non-hydrogen) atoms. The molecule has 6 heteroatoms. The third-order valence-corrected chi connectivity index (χ3v) is 7.00. The Morgan fingerprint density at radius 3 is 2.36 bits per heavy atom. The molecule has 0 bridgehead atoms. The highest BCUT2D eigenvalue weighted by atomic mass is 32.2. The molecule has 0 aromatic heterocycles. The fourth-order valence-corrected chi connectivity index (χ4v) is 5.45. The Morgan fingerprint density at radius 2 is 1.71 bits per heavy atom. The van der Waals surface area contributed by atoms with E-state index in [4.69, 9.17) is 9.47 Å². The molecule has 1 aliphatic carbocycles. The highest BCUT2D eigenvalue weighted by Gasteiger charge is 2.30. The van der Waals surface area contributed by atoms with Crippen LogP contribution in [-0.4, -0.2) is 28.7 Å². The molecule has 0 saturated heterocycles. The molecule has 1 atom stereocenters. The maximum atomic E-state index is 13.3. The van der Waals surface area contributed by atoms with Gasteiger partial charge in [0, 0.05) is 12.1 Å². The van der Waals surface area contributed by atoms with Crippen LogP contribution >= 0.6 is 0 Å². The van der Waals surface area contributed by atoms with Gasteiger partial charge < -0.3 is 9.47 Å². The summed E-state index contributed by atoms with van der Waals surface area (Å²) < 4.78 is 40.1. The van der Waals surface area contributed by atoms with Crippen LogP contribution in [0.5, 0.6) is 11.5 Å². The first-order valence-corrected chi connectivity index (χ1v) is 11.3. The Kier molecular flexibility index (Phi) is 6.97. The van der Waals surface area contributed by atoms with Crippen molar-refractivity contribution in [2.75, 3.05) is 14.2 Å². The van der Waals surface area contributed by atoms with Gasteiger partial charge in [0.25, 0.3) is 0 Å². The van der Waals surface area contributed by atoms with Crippen LogP contribution in [0.1, 0.15) is 37.7 Å². The molecule has 152 valence electrons. The van der Waals surface area contributed by atoms with Crippen molar-refractivity contribution in [2.24, 2.45) is 5.92 Å². The van der Waals surface area contributed by atoms with Crippen molar-refractivity contribution in [1.82, 2.24) is 4.72 Å². The SMILES string of the molecule is COc1ccc(OC)c(S(=O)(=O)NC(Cc2ccccc2)C2CCCCC2)c1. The lowest BCUT2D eigenvalue weighted by molar-refractivity contribution is 0.288. The summed E-state index contributed by atoms with van der Waals surface area (Å²) in [5.41, 5.74) is 1.14. The molecular formula is C22H29NO4S. The van der Waals surface area contributed by atoms with Crippen LogP contribution in [-0.2, 0) is 16.4 Å². The van der Waals surface area contributed by atoms with Gasteiger partial charge in [-0.05, 0) is 42.9 Å². The predicted molar refractivity (Wildman–Crippen MR) is 110 cm³/mol. The standard InChI is InChI=1S/C22H29NO4S/c1-26-19-13-14-21(27-2)22(16-19)28(24,25)23-20(18-11-7-4-8-12-18)15-17-9-5-3-6-10-17/h3,5-6,9-10,13-14,16,18,20,23H,4,7-8,11-12,15H2,1-2H3. The van der Waals surface area contributed by atoms with Gasteiger partial charge in [-0.15, -0.1) is 0 Å². The van der Waals surface area contributed by atoms with Gasteiger partial charge in [0.2, 0.25) is 10.0 Å². The number of hydrogen-bond donors (Lipinski definition) is 1. The van der Waals surface area contributed by atoms with E-state index in [2.05, 4.69) is 16.9 Å². The Bertz CT molecular complexity index is 861. The minimum atomic E-state index is -3.76. The monoisotopic (exact) mass is 403 g/mol. The molecule has 3 rings (SSSR count). The average molecular weight is 404 g/mol. The normalized spacial score (nSPS) is 16.5. The first-order valence-electron chi connectivity index (χ1n) is 9.82. The van der Waals surface area contributed by atoms with Crippen molar-refractivity contribution in [3.8, 4) is 11.5 Å². The largest absolute Gasteiger partial charge is 0.497 e. The van der Waals surface area contributed by atoms with Crippen LogP contribution < -0.4 is 14.2 Å². The Morgan fingerprint density at radius 1 is 1.00 bits per heavy atom. The quantitative estimate of drug-likeness (QED) is 0.718. The number of ether oxygens (including phenoxy) is 2. The van der Waals surface area contributed by atoms with Crippen LogP contribution in [0.4, 0.5) is 0 Å². The van der Waals surface area contributed by atoms with Crippen molar-refractivity contribution >= 4 is 10.0 Å². The van der Waals surface area contributed by atoms with E-state index >= 15 is 0 Å². The second-order valence-corrected chi connectivity index (χ2v) is 9.01. The summed E-state index contributed by atoms with van der Waals surface area (Å²) in [4.78, 5) is 0.114. The second kappa shape index (κ2) is 9.43. The van der Waals surface area contributed by atoms with Gasteiger partial charge in [0.05, 0.1) is 14.2 Å². The van der Waals surface area contributed by atoms with Gasteiger partial charge in [-0.1, -0.05) is 49.6 Å². The lowest BCUT2D eigenvalue weighted by Gasteiger charge is -2.31. The molecular weight excluding hydrogens is 374 g/mol. The zero-order valence-electron chi connectivity index (χ0n) is 16.6. The lowest BCUT2D eigenvalue weighted by atomic mass is 9.82. The maximum Gasteiger partial charge on any atom is 0.244 e. The summed E-state index contributed by atoms with van der Waals surface area (Å²) in [6.07, 6.45) is 6.31. The Labute approximate surface area is 168 Å². The number of nitrogens with one attached hydrogen (secondary N) is 1. The molecule has 2 aromatic carbocycles. The first-order chi connectivity index (χ1) is 13.5. The molecule has 1 fully saturated rings. The van der Waals surface area contributed by atoms with Crippen LogP contribution in [0.3, 0.4) is 0 Å². The minimum Gasteiger partial charge on any atom is -0.497 e. The Balaban J connectivity index is 1.90. The molecule has 2 aromatic rings. The van der Waals surface area contributed by atoms with E-state index in [0.29, 0.717) is 23.8 Å². The van der Waals surface area contributed by atoms with Gasteiger partial charge >= 0.3 is 0 Å². The molecule has 0 aliphatic heterocycles.